The molecule has 6 nitrogen and oxygen atoms in total. The van der Waals surface area contributed by atoms with Crippen molar-refractivity contribution in [3.63, 3.8) is 0 Å². The first-order valence-electron chi connectivity index (χ1n) is 7.89. The van der Waals surface area contributed by atoms with Gasteiger partial charge >= 0.3 is 0 Å². The Morgan fingerprint density at radius 2 is 2.00 bits per heavy atom. The summed E-state index contributed by atoms with van der Waals surface area (Å²) in [6.45, 7) is 10.9. The minimum Gasteiger partial charge on any atom is -0.475 e. The maximum absolute atomic E-state index is 12.4. The lowest BCUT2D eigenvalue weighted by Gasteiger charge is -2.25. The third kappa shape index (κ3) is 6.97. The van der Waals surface area contributed by atoms with Crippen molar-refractivity contribution in [3.8, 4) is 5.88 Å². The van der Waals surface area contributed by atoms with Crippen LogP contribution in [0.25, 0.3) is 0 Å². The predicted octanol–water partition coefficient (Wildman–Crippen LogP) is 2.12. The molecule has 23 heavy (non-hydrogen) atoms. The van der Waals surface area contributed by atoms with Crippen LogP contribution in [0.3, 0.4) is 0 Å². The number of hydrogen-bond acceptors (Lipinski definition) is 5. The van der Waals surface area contributed by atoms with Gasteiger partial charge in [0, 0.05) is 24.8 Å². The largest absolute Gasteiger partial charge is 0.475 e. The van der Waals surface area contributed by atoms with E-state index < -0.39 is 0 Å². The number of aromatic nitrogens is 1. The Morgan fingerprint density at radius 1 is 1.30 bits per heavy atom. The summed E-state index contributed by atoms with van der Waals surface area (Å²) in [5, 5.41) is 9.06. The zero-order valence-corrected chi connectivity index (χ0v) is 14.7. The number of aliphatic hydroxyl groups excluding tert-OH is 1. The number of amides is 1. The van der Waals surface area contributed by atoms with Gasteiger partial charge < -0.3 is 19.5 Å². The van der Waals surface area contributed by atoms with Gasteiger partial charge in [-0.05, 0) is 40.7 Å². The molecular formula is C17H28N2O4. The molecule has 1 aromatic rings. The Kier molecular flexibility index (Phi) is 7.45. The van der Waals surface area contributed by atoms with E-state index in [1.807, 2.05) is 34.6 Å². The Labute approximate surface area is 138 Å². The molecule has 1 N–H and O–H groups in total. The second kappa shape index (κ2) is 8.84. The van der Waals surface area contributed by atoms with E-state index in [-0.39, 0.29) is 24.2 Å². The zero-order valence-electron chi connectivity index (χ0n) is 14.7. The summed E-state index contributed by atoms with van der Waals surface area (Å²) in [6.07, 6.45) is 1.50. The third-order valence-corrected chi connectivity index (χ3v) is 3.08. The Hall–Kier alpha value is -1.66. The lowest BCUT2D eigenvalue weighted by Crippen LogP contribution is -2.39. The van der Waals surface area contributed by atoms with Gasteiger partial charge in [-0.1, -0.05) is 0 Å². The van der Waals surface area contributed by atoms with E-state index in [0.29, 0.717) is 31.2 Å². The van der Waals surface area contributed by atoms with Crippen LogP contribution in [0.4, 0.5) is 0 Å². The molecule has 0 fully saturated rings. The van der Waals surface area contributed by atoms with Crippen molar-refractivity contribution in [1.29, 1.82) is 0 Å². The highest BCUT2D eigenvalue weighted by Gasteiger charge is 2.18. The molecule has 0 aliphatic rings. The molecule has 0 radical (unpaired) electrons. The molecule has 0 saturated carbocycles. The van der Waals surface area contributed by atoms with Crippen molar-refractivity contribution >= 4 is 5.91 Å². The number of rotatable bonds is 8. The van der Waals surface area contributed by atoms with Crippen LogP contribution in [0.15, 0.2) is 18.3 Å². The number of carbonyl (C=O) groups is 1. The van der Waals surface area contributed by atoms with E-state index in [4.69, 9.17) is 14.6 Å². The van der Waals surface area contributed by atoms with Crippen LogP contribution in [0.5, 0.6) is 5.88 Å². The molecule has 130 valence electrons. The van der Waals surface area contributed by atoms with Crippen molar-refractivity contribution < 1.29 is 19.4 Å². The first-order valence-corrected chi connectivity index (χ1v) is 7.89. The van der Waals surface area contributed by atoms with Crippen molar-refractivity contribution in [2.45, 2.75) is 46.3 Å². The van der Waals surface area contributed by atoms with Crippen molar-refractivity contribution in [3.05, 3.63) is 23.9 Å². The van der Waals surface area contributed by atoms with E-state index in [9.17, 15) is 4.79 Å². The quantitative estimate of drug-likeness (QED) is 0.742. The van der Waals surface area contributed by atoms with Gasteiger partial charge in [0.15, 0.2) is 0 Å². The van der Waals surface area contributed by atoms with Gasteiger partial charge in [0.25, 0.3) is 5.91 Å². The topological polar surface area (TPSA) is 71.9 Å². The summed E-state index contributed by atoms with van der Waals surface area (Å²) in [6, 6.07) is 3.37. The number of ether oxygens (including phenoxy) is 2. The molecule has 1 amide bonds. The fourth-order valence-electron chi connectivity index (χ4n) is 1.95. The van der Waals surface area contributed by atoms with Crippen LogP contribution in [-0.2, 0) is 4.74 Å². The number of hydrogen-bond donors (Lipinski definition) is 1. The van der Waals surface area contributed by atoms with Gasteiger partial charge in [-0.15, -0.1) is 0 Å². The molecule has 0 bridgehead atoms. The molecule has 1 heterocycles. The predicted molar refractivity (Wildman–Crippen MR) is 88.7 cm³/mol. The van der Waals surface area contributed by atoms with Gasteiger partial charge in [0.2, 0.25) is 5.88 Å². The summed E-state index contributed by atoms with van der Waals surface area (Å²) < 4.78 is 11.1. The fourth-order valence-corrected chi connectivity index (χ4v) is 1.95. The van der Waals surface area contributed by atoms with Crippen LogP contribution in [-0.4, -0.2) is 58.9 Å². The lowest BCUT2D eigenvalue weighted by atomic mass is 10.2. The molecule has 0 aliphatic carbocycles. The second-order valence-electron chi connectivity index (χ2n) is 6.51. The SMILES string of the molecule is CC(C)N(CCO)C(=O)c1ccc(OCCOC(C)(C)C)nc1. The molecule has 0 spiro atoms. The molecule has 0 atom stereocenters. The molecule has 6 heteroatoms. The summed E-state index contributed by atoms with van der Waals surface area (Å²) in [5.41, 5.74) is 0.283. The minimum atomic E-state index is -0.194. The van der Waals surface area contributed by atoms with Crippen LogP contribution in [0.1, 0.15) is 45.0 Å². The van der Waals surface area contributed by atoms with Crippen molar-refractivity contribution in [1.82, 2.24) is 9.88 Å². The van der Waals surface area contributed by atoms with Crippen LogP contribution >= 0.6 is 0 Å². The zero-order chi connectivity index (χ0) is 17.5. The maximum atomic E-state index is 12.4. The first kappa shape index (κ1) is 19.4. The number of nitrogens with zero attached hydrogens (tertiary/aromatic N) is 2. The van der Waals surface area contributed by atoms with Gasteiger partial charge in [0.05, 0.1) is 24.4 Å². The van der Waals surface area contributed by atoms with E-state index in [1.165, 1.54) is 6.20 Å². The third-order valence-electron chi connectivity index (χ3n) is 3.08. The smallest absolute Gasteiger partial charge is 0.255 e. The molecule has 1 aromatic heterocycles. The van der Waals surface area contributed by atoms with E-state index in [1.54, 1.807) is 17.0 Å². The van der Waals surface area contributed by atoms with Gasteiger partial charge in [-0.2, -0.15) is 0 Å². The normalized spacial score (nSPS) is 11.6. The standard InChI is InChI=1S/C17H28N2O4/c1-13(2)19(8-9-20)16(21)14-6-7-15(18-12-14)22-10-11-23-17(3,4)5/h6-7,12-13,20H,8-11H2,1-5H3. The Morgan fingerprint density at radius 3 is 2.48 bits per heavy atom. The highest BCUT2D eigenvalue weighted by atomic mass is 16.5. The number of pyridine rings is 1. The van der Waals surface area contributed by atoms with Crippen LogP contribution < -0.4 is 4.74 Å². The van der Waals surface area contributed by atoms with Crippen LogP contribution in [0, 0.1) is 0 Å². The van der Waals surface area contributed by atoms with E-state index >= 15 is 0 Å². The first-order chi connectivity index (χ1) is 10.7. The Bertz CT molecular complexity index is 480. The minimum absolute atomic E-state index is 0.0140. The summed E-state index contributed by atoms with van der Waals surface area (Å²) >= 11 is 0. The highest BCUT2D eigenvalue weighted by Crippen LogP contribution is 2.12. The average molecular weight is 324 g/mol. The maximum Gasteiger partial charge on any atom is 0.255 e. The molecular weight excluding hydrogens is 296 g/mol. The van der Waals surface area contributed by atoms with E-state index in [0.717, 1.165) is 0 Å². The molecule has 0 saturated heterocycles. The highest BCUT2D eigenvalue weighted by molar-refractivity contribution is 5.94. The van der Waals surface area contributed by atoms with E-state index in [2.05, 4.69) is 4.98 Å². The van der Waals surface area contributed by atoms with Gasteiger partial charge in [0.1, 0.15) is 6.61 Å². The summed E-state index contributed by atoms with van der Waals surface area (Å²) in [7, 11) is 0. The summed E-state index contributed by atoms with van der Waals surface area (Å²) in [4.78, 5) is 18.1. The molecule has 1 rings (SSSR count). The van der Waals surface area contributed by atoms with Gasteiger partial charge in [-0.25, -0.2) is 4.98 Å². The molecule has 0 aromatic carbocycles. The number of aliphatic hydroxyl groups is 1. The average Bonchev–Trinajstić information content (AvgIpc) is 2.48. The monoisotopic (exact) mass is 324 g/mol. The second-order valence-corrected chi connectivity index (χ2v) is 6.51. The summed E-state index contributed by atoms with van der Waals surface area (Å²) in [5.74, 6) is 0.307. The van der Waals surface area contributed by atoms with Crippen molar-refractivity contribution in [2.75, 3.05) is 26.4 Å². The lowest BCUT2D eigenvalue weighted by molar-refractivity contribution is -0.0168. The molecule has 0 unspecified atom stereocenters. The van der Waals surface area contributed by atoms with Gasteiger partial charge in [-0.3, -0.25) is 4.79 Å². The fraction of sp³-hybridized carbons (Fsp3) is 0.647. The number of carbonyl (C=O) groups excluding carboxylic acids is 1. The molecule has 0 aliphatic heterocycles. The Balaban J connectivity index is 2.57. The van der Waals surface area contributed by atoms with Crippen LogP contribution in [0.2, 0.25) is 0 Å². The van der Waals surface area contributed by atoms with Crippen molar-refractivity contribution in [2.24, 2.45) is 0 Å².